The normalized spacial score (nSPS) is 11.3. The summed E-state index contributed by atoms with van der Waals surface area (Å²) in [7, 11) is 1.94. The molecule has 6 aromatic rings. The maximum Gasteiger partial charge on any atom is 0.337 e. The van der Waals surface area contributed by atoms with Gasteiger partial charge in [-0.15, -0.1) is 11.3 Å². The predicted molar refractivity (Wildman–Crippen MR) is 182 cm³/mol. The van der Waals surface area contributed by atoms with Gasteiger partial charge in [-0.3, -0.25) is 19.1 Å². The molecule has 238 valence electrons. The second-order valence-corrected chi connectivity index (χ2v) is 12.1. The molecular formula is C36H31F2N5O3S. The summed E-state index contributed by atoms with van der Waals surface area (Å²) in [5, 5.41) is 3.00. The smallest absolute Gasteiger partial charge is 0.325 e. The lowest BCUT2D eigenvalue weighted by atomic mass is 10.1. The van der Waals surface area contributed by atoms with Crippen LogP contribution in [0, 0.1) is 11.6 Å². The Kier molecular flexibility index (Phi) is 9.21. The molecule has 0 spiro atoms. The molecule has 2 aromatic heterocycles. The molecule has 0 bridgehead atoms. The summed E-state index contributed by atoms with van der Waals surface area (Å²) in [5.74, 6) is -1.93. The molecule has 0 saturated heterocycles. The number of rotatable bonds is 10. The molecule has 0 saturated carbocycles. The fourth-order valence-corrected chi connectivity index (χ4v) is 6.88. The summed E-state index contributed by atoms with van der Waals surface area (Å²) < 4.78 is 32.3. The second kappa shape index (κ2) is 13.6. The van der Waals surface area contributed by atoms with Crippen LogP contribution in [0.25, 0.3) is 26.3 Å². The zero-order chi connectivity index (χ0) is 33.1. The number of nitrogens with zero attached hydrogens (tertiary/aromatic N) is 3. The lowest BCUT2D eigenvalue weighted by molar-refractivity contribution is -0.114. The van der Waals surface area contributed by atoms with Gasteiger partial charge in [-0.2, -0.15) is 0 Å². The van der Waals surface area contributed by atoms with Crippen LogP contribution < -0.4 is 22.3 Å². The molecule has 3 N–H and O–H groups in total. The average Bonchev–Trinajstić information content (AvgIpc) is 3.44. The summed E-state index contributed by atoms with van der Waals surface area (Å²) in [6.07, 6.45) is 0. The van der Waals surface area contributed by atoms with Crippen molar-refractivity contribution in [1.29, 1.82) is 0 Å². The van der Waals surface area contributed by atoms with Crippen LogP contribution in [-0.4, -0.2) is 33.5 Å². The van der Waals surface area contributed by atoms with E-state index in [0.29, 0.717) is 39.7 Å². The number of amides is 1. The highest BCUT2D eigenvalue weighted by molar-refractivity contribution is 7.22. The van der Waals surface area contributed by atoms with Gasteiger partial charge in [0, 0.05) is 29.2 Å². The number of nitrogens with two attached hydrogens (primary N) is 1. The Balaban J connectivity index is 1.61. The topological polar surface area (TPSA) is 102 Å². The third-order valence-electron chi connectivity index (χ3n) is 7.80. The molecule has 4 aromatic carbocycles. The molecule has 0 fully saturated rings. The van der Waals surface area contributed by atoms with E-state index in [4.69, 9.17) is 5.73 Å². The first-order valence-corrected chi connectivity index (χ1v) is 15.7. The number of carbonyl (C=O) groups excluding carboxylic acids is 1. The van der Waals surface area contributed by atoms with Gasteiger partial charge in [-0.1, -0.05) is 66.7 Å². The summed E-state index contributed by atoms with van der Waals surface area (Å²) in [6, 6.07) is 29.0. The minimum Gasteiger partial charge on any atom is -0.325 e. The molecule has 0 unspecified atom stereocenters. The van der Waals surface area contributed by atoms with E-state index in [1.165, 1.54) is 22.0 Å². The van der Waals surface area contributed by atoms with E-state index in [9.17, 15) is 23.2 Å². The molecule has 1 amide bonds. The third-order valence-corrected chi connectivity index (χ3v) is 9.11. The first kappa shape index (κ1) is 31.7. The Bertz CT molecular complexity index is 2160. The molecule has 0 radical (unpaired) electrons. The SMILES string of the molecule is CN(Cc1ccccc1)Cc1c(-c2ccc(NC(=O)CN)cc2)sc2c1c(=O)n(-c1ccccc1)c(=O)n2Cc1c(F)cccc1F. The molecule has 6 rings (SSSR count). The number of aromatic nitrogens is 2. The molecule has 8 nitrogen and oxygen atoms in total. The number of hydrogen-bond donors (Lipinski definition) is 2. The number of hydrogen-bond acceptors (Lipinski definition) is 6. The fourth-order valence-electron chi connectivity index (χ4n) is 5.58. The van der Waals surface area contributed by atoms with E-state index in [0.717, 1.165) is 27.8 Å². The molecule has 2 heterocycles. The number of nitrogens with one attached hydrogen (secondary N) is 1. The molecule has 0 aliphatic carbocycles. The Labute approximate surface area is 272 Å². The third kappa shape index (κ3) is 6.54. The van der Waals surface area contributed by atoms with Crippen LogP contribution in [0.3, 0.4) is 0 Å². The first-order chi connectivity index (χ1) is 22.7. The van der Waals surface area contributed by atoms with Crippen molar-refractivity contribution in [3.8, 4) is 16.1 Å². The number of carbonyl (C=O) groups is 1. The number of para-hydroxylation sites is 1. The highest BCUT2D eigenvalue weighted by Gasteiger charge is 2.25. The fraction of sp³-hybridized carbons (Fsp3) is 0.139. The van der Waals surface area contributed by atoms with Gasteiger partial charge in [-0.05, 0) is 60.1 Å². The molecular weight excluding hydrogens is 620 g/mol. The summed E-state index contributed by atoms with van der Waals surface area (Å²) in [5.41, 5.74) is 7.29. The maximum atomic E-state index is 15.0. The van der Waals surface area contributed by atoms with Crippen molar-refractivity contribution in [2.45, 2.75) is 19.6 Å². The van der Waals surface area contributed by atoms with Crippen molar-refractivity contribution in [2.75, 3.05) is 18.9 Å². The van der Waals surface area contributed by atoms with Gasteiger partial charge < -0.3 is 11.1 Å². The minimum absolute atomic E-state index is 0.163. The molecule has 11 heteroatoms. The standard InChI is InChI=1S/C36H31F2N5O3S/c1-41(20-23-9-4-2-5-10-23)21-28-32-34(45)43(26-11-6-3-7-12-26)36(46)42(22-27-29(37)13-8-14-30(27)38)35(32)47-33(28)24-15-17-25(18-16-24)40-31(44)19-39/h2-18H,19-22,39H2,1H3,(H,40,44). The van der Waals surface area contributed by atoms with Crippen molar-refractivity contribution in [3.05, 3.63) is 152 Å². The highest BCUT2D eigenvalue weighted by Crippen LogP contribution is 2.38. The lowest BCUT2D eigenvalue weighted by Crippen LogP contribution is -2.39. The first-order valence-electron chi connectivity index (χ1n) is 14.9. The van der Waals surface area contributed by atoms with Crippen molar-refractivity contribution in [1.82, 2.24) is 14.0 Å². The van der Waals surface area contributed by atoms with E-state index in [-0.39, 0.29) is 23.4 Å². The average molecular weight is 652 g/mol. The van der Waals surface area contributed by atoms with Crippen LogP contribution in [-0.2, 0) is 24.4 Å². The van der Waals surface area contributed by atoms with Gasteiger partial charge in [0.25, 0.3) is 5.56 Å². The number of fused-ring (bicyclic) bond motifs is 1. The zero-order valence-electron chi connectivity index (χ0n) is 25.5. The van der Waals surface area contributed by atoms with Gasteiger partial charge in [0.2, 0.25) is 5.91 Å². The summed E-state index contributed by atoms with van der Waals surface area (Å²) in [6.45, 7) is 0.314. The Morgan fingerprint density at radius 3 is 2.11 bits per heavy atom. The van der Waals surface area contributed by atoms with Crippen molar-refractivity contribution < 1.29 is 13.6 Å². The van der Waals surface area contributed by atoms with Crippen molar-refractivity contribution in [3.63, 3.8) is 0 Å². The van der Waals surface area contributed by atoms with E-state index in [1.54, 1.807) is 42.5 Å². The van der Waals surface area contributed by atoms with Crippen molar-refractivity contribution in [2.24, 2.45) is 5.73 Å². The van der Waals surface area contributed by atoms with Gasteiger partial charge >= 0.3 is 5.69 Å². The van der Waals surface area contributed by atoms with Crippen LogP contribution in [0.4, 0.5) is 14.5 Å². The molecule has 0 atom stereocenters. The quantitative estimate of drug-likeness (QED) is 0.197. The van der Waals surface area contributed by atoms with Crippen LogP contribution >= 0.6 is 11.3 Å². The highest BCUT2D eigenvalue weighted by atomic mass is 32.1. The Morgan fingerprint density at radius 1 is 0.830 bits per heavy atom. The Morgan fingerprint density at radius 2 is 1.47 bits per heavy atom. The largest absolute Gasteiger partial charge is 0.337 e. The zero-order valence-corrected chi connectivity index (χ0v) is 26.3. The van der Waals surface area contributed by atoms with Gasteiger partial charge in [0.1, 0.15) is 16.5 Å². The number of thiophene rings is 1. The summed E-state index contributed by atoms with van der Waals surface area (Å²) in [4.78, 5) is 43.5. The van der Waals surface area contributed by atoms with Gasteiger partial charge in [0.15, 0.2) is 0 Å². The second-order valence-electron chi connectivity index (χ2n) is 11.1. The van der Waals surface area contributed by atoms with Crippen LogP contribution in [0.2, 0.25) is 0 Å². The molecule has 0 aliphatic rings. The van der Waals surface area contributed by atoms with E-state index < -0.39 is 29.4 Å². The van der Waals surface area contributed by atoms with Crippen LogP contribution in [0.5, 0.6) is 0 Å². The van der Waals surface area contributed by atoms with E-state index >= 15 is 0 Å². The van der Waals surface area contributed by atoms with Gasteiger partial charge in [-0.25, -0.2) is 18.1 Å². The molecule has 0 aliphatic heterocycles. The van der Waals surface area contributed by atoms with E-state index in [1.807, 2.05) is 49.5 Å². The number of anilines is 1. The monoisotopic (exact) mass is 651 g/mol. The maximum absolute atomic E-state index is 15.0. The number of halogens is 2. The van der Waals surface area contributed by atoms with E-state index in [2.05, 4.69) is 10.2 Å². The lowest BCUT2D eigenvalue weighted by Gasteiger charge is -2.18. The van der Waals surface area contributed by atoms with Crippen LogP contribution in [0.1, 0.15) is 16.7 Å². The minimum atomic E-state index is -0.794. The summed E-state index contributed by atoms with van der Waals surface area (Å²) >= 11 is 1.21. The Hall–Kier alpha value is -5.23. The predicted octanol–water partition coefficient (Wildman–Crippen LogP) is 5.74. The van der Waals surface area contributed by atoms with Gasteiger partial charge in [0.05, 0.1) is 24.2 Å². The molecule has 47 heavy (non-hydrogen) atoms. The van der Waals surface area contributed by atoms with Crippen molar-refractivity contribution >= 4 is 33.1 Å². The number of benzene rings is 4. The van der Waals surface area contributed by atoms with Crippen LogP contribution in [0.15, 0.2) is 113 Å².